The van der Waals surface area contributed by atoms with Gasteiger partial charge in [-0.05, 0) is 41.4 Å². The molecule has 1 unspecified atom stereocenters. The van der Waals surface area contributed by atoms with Gasteiger partial charge < -0.3 is 4.90 Å². The van der Waals surface area contributed by atoms with Crippen LogP contribution in [0.5, 0.6) is 0 Å². The molecular formula is C13H17BrN2OS. The van der Waals surface area contributed by atoms with E-state index in [9.17, 15) is 4.79 Å². The minimum absolute atomic E-state index is 0.205. The minimum atomic E-state index is 0.205. The van der Waals surface area contributed by atoms with Crippen LogP contribution in [0.1, 0.15) is 28.9 Å². The van der Waals surface area contributed by atoms with Gasteiger partial charge in [0.2, 0.25) is 0 Å². The summed E-state index contributed by atoms with van der Waals surface area (Å²) in [7, 11) is 0. The lowest BCUT2D eigenvalue weighted by Gasteiger charge is -2.43. The highest BCUT2D eigenvalue weighted by Crippen LogP contribution is 2.25. The molecule has 2 aliphatic rings. The number of nitrogens with zero attached hydrogens (tertiary/aromatic N) is 2. The molecule has 0 N–H and O–H groups in total. The zero-order valence-corrected chi connectivity index (χ0v) is 12.7. The van der Waals surface area contributed by atoms with Crippen molar-refractivity contribution in [1.82, 2.24) is 9.80 Å². The standard InChI is InChI=1S/C13H17BrN2OS/c14-10-7-12(18-9-10)13(17)16-6-5-15-4-2-1-3-11(15)8-16/h7,9,11H,1-6,8H2. The summed E-state index contributed by atoms with van der Waals surface area (Å²) in [6.07, 6.45) is 3.88. The second-order valence-corrected chi connectivity index (χ2v) is 6.89. The predicted octanol–water partition coefficient (Wildman–Crippen LogP) is 2.82. The number of halogens is 1. The molecule has 2 fully saturated rings. The van der Waals surface area contributed by atoms with Crippen LogP contribution in [0.2, 0.25) is 0 Å². The Kier molecular flexibility index (Phi) is 3.73. The molecule has 0 aliphatic carbocycles. The molecule has 98 valence electrons. The van der Waals surface area contributed by atoms with E-state index < -0.39 is 0 Å². The van der Waals surface area contributed by atoms with E-state index in [1.807, 2.05) is 16.3 Å². The number of fused-ring (bicyclic) bond motifs is 1. The first-order valence-corrected chi connectivity index (χ1v) is 8.18. The van der Waals surface area contributed by atoms with Crippen LogP contribution in [-0.4, -0.2) is 47.9 Å². The summed E-state index contributed by atoms with van der Waals surface area (Å²) in [4.78, 5) is 17.8. The first kappa shape index (κ1) is 12.6. The summed E-state index contributed by atoms with van der Waals surface area (Å²) >= 11 is 4.94. The topological polar surface area (TPSA) is 23.6 Å². The van der Waals surface area contributed by atoms with Gasteiger partial charge in [0.1, 0.15) is 0 Å². The fourth-order valence-corrected chi connectivity index (χ4v) is 4.31. The quantitative estimate of drug-likeness (QED) is 0.791. The molecule has 1 aromatic heterocycles. The van der Waals surface area contributed by atoms with Crippen molar-refractivity contribution in [2.75, 3.05) is 26.2 Å². The van der Waals surface area contributed by atoms with E-state index >= 15 is 0 Å². The number of rotatable bonds is 1. The van der Waals surface area contributed by atoms with Gasteiger partial charge in [-0.15, -0.1) is 11.3 Å². The average Bonchev–Trinajstić information content (AvgIpc) is 2.84. The van der Waals surface area contributed by atoms with Crippen molar-refractivity contribution in [2.24, 2.45) is 0 Å². The smallest absolute Gasteiger partial charge is 0.264 e. The maximum Gasteiger partial charge on any atom is 0.264 e. The Bertz CT molecular complexity index is 448. The number of piperidine rings is 1. The molecule has 1 aromatic rings. The van der Waals surface area contributed by atoms with Crippen LogP contribution in [0.25, 0.3) is 0 Å². The SMILES string of the molecule is O=C(c1cc(Br)cs1)N1CCN2CCCCC2C1. The van der Waals surface area contributed by atoms with Gasteiger partial charge >= 0.3 is 0 Å². The van der Waals surface area contributed by atoms with E-state index in [-0.39, 0.29) is 5.91 Å². The van der Waals surface area contributed by atoms with E-state index in [2.05, 4.69) is 20.8 Å². The molecule has 1 atom stereocenters. The Labute approximate surface area is 120 Å². The highest BCUT2D eigenvalue weighted by atomic mass is 79.9. The summed E-state index contributed by atoms with van der Waals surface area (Å²) < 4.78 is 1.01. The Morgan fingerprint density at radius 2 is 2.22 bits per heavy atom. The lowest BCUT2D eigenvalue weighted by Crippen LogP contribution is -2.56. The predicted molar refractivity (Wildman–Crippen MR) is 77.1 cm³/mol. The summed E-state index contributed by atoms with van der Waals surface area (Å²) in [5.41, 5.74) is 0. The van der Waals surface area contributed by atoms with Crippen molar-refractivity contribution in [1.29, 1.82) is 0 Å². The van der Waals surface area contributed by atoms with Crippen molar-refractivity contribution in [2.45, 2.75) is 25.3 Å². The Balaban J connectivity index is 1.68. The molecule has 5 heteroatoms. The summed E-state index contributed by atoms with van der Waals surface area (Å²) in [5, 5.41) is 1.98. The second-order valence-electron chi connectivity index (χ2n) is 5.07. The molecule has 3 rings (SSSR count). The molecule has 2 aliphatic heterocycles. The molecule has 0 saturated carbocycles. The van der Waals surface area contributed by atoms with E-state index in [4.69, 9.17) is 0 Å². The monoisotopic (exact) mass is 328 g/mol. The normalized spacial score (nSPS) is 24.9. The first-order valence-electron chi connectivity index (χ1n) is 6.51. The zero-order valence-electron chi connectivity index (χ0n) is 10.3. The number of amides is 1. The third-order valence-electron chi connectivity index (χ3n) is 3.90. The molecular weight excluding hydrogens is 312 g/mol. The molecule has 3 heterocycles. The fraction of sp³-hybridized carbons (Fsp3) is 0.615. The largest absolute Gasteiger partial charge is 0.335 e. The molecule has 0 spiro atoms. The first-order chi connectivity index (χ1) is 8.74. The fourth-order valence-electron chi connectivity index (χ4n) is 2.92. The maximum atomic E-state index is 12.4. The number of carbonyl (C=O) groups excluding carboxylic acids is 1. The van der Waals surface area contributed by atoms with Crippen molar-refractivity contribution in [3.05, 3.63) is 20.8 Å². The second kappa shape index (κ2) is 5.31. The lowest BCUT2D eigenvalue weighted by atomic mass is 9.99. The number of carbonyl (C=O) groups is 1. The van der Waals surface area contributed by atoms with Crippen molar-refractivity contribution in [3.63, 3.8) is 0 Å². The maximum absolute atomic E-state index is 12.4. The average molecular weight is 329 g/mol. The van der Waals surface area contributed by atoms with E-state index in [0.29, 0.717) is 6.04 Å². The third-order valence-corrected chi connectivity index (χ3v) is 5.58. The molecule has 1 amide bonds. The summed E-state index contributed by atoms with van der Waals surface area (Å²) in [6, 6.07) is 2.53. The summed E-state index contributed by atoms with van der Waals surface area (Å²) in [6.45, 7) is 4.05. The number of hydrogen-bond acceptors (Lipinski definition) is 3. The van der Waals surface area contributed by atoms with Crippen LogP contribution in [0.4, 0.5) is 0 Å². The van der Waals surface area contributed by atoms with Gasteiger partial charge in [0.15, 0.2) is 0 Å². The highest BCUT2D eigenvalue weighted by Gasteiger charge is 2.31. The van der Waals surface area contributed by atoms with Crippen molar-refractivity contribution < 1.29 is 4.79 Å². The summed E-state index contributed by atoms with van der Waals surface area (Å²) in [5.74, 6) is 0.205. The van der Waals surface area contributed by atoms with E-state index in [0.717, 1.165) is 29.0 Å². The van der Waals surface area contributed by atoms with E-state index in [1.54, 1.807) is 0 Å². The van der Waals surface area contributed by atoms with E-state index in [1.165, 1.54) is 37.1 Å². The third kappa shape index (κ3) is 2.49. The number of piperazine rings is 1. The van der Waals surface area contributed by atoms with Gasteiger partial charge in [0, 0.05) is 35.5 Å². The van der Waals surface area contributed by atoms with Gasteiger partial charge in [-0.25, -0.2) is 0 Å². The molecule has 0 aromatic carbocycles. The van der Waals surface area contributed by atoms with Crippen LogP contribution >= 0.6 is 27.3 Å². The van der Waals surface area contributed by atoms with Gasteiger partial charge in [-0.3, -0.25) is 9.69 Å². The van der Waals surface area contributed by atoms with Crippen molar-refractivity contribution >= 4 is 33.2 Å². The van der Waals surface area contributed by atoms with Gasteiger partial charge in [0.25, 0.3) is 5.91 Å². The van der Waals surface area contributed by atoms with Crippen LogP contribution in [0.3, 0.4) is 0 Å². The van der Waals surface area contributed by atoms with Crippen molar-refractivity contribution in [3.8, 4) is 0 Å². The number of thiophene rings is 1. The minimum Gasteiger partial charge on any atom is -0.335 e. The van der Waals surface area contributed by atoms with Gasteiger partial charge in [-0.2, -0.15) is 0 Å². The van der Waals surface area contributed by atoms with Crippen LogP contribution in [0, 0.1) is 0 Å². The molecule has 18 heavy (non-hydrogen) atoms. The highest BCUT2D eigenvalue weighted by molar-refractivity contribution is 9.10. The Hall–Kier alpha value is -0.390. The number of hydrogen-bond donors (Lipinski definition) is 0. The van der Waals surface area contributed by atoms with Crippen LogP contribution in [0.15, 0.2) is 15.9 Å². The van der Waals surface area contributed by atoms with Gasteiger partial charge in [-0.1, -0.05) is 6.42 Å². The lowest BCUT2D eigenvalue weighted by molar-refractivity contribution is 0.0376. The molecule has 0 bridgehead atoms. The molecule has 2 saturated heterocycles. The van der Waals surface area contributed by atoms with Crippen LogP contribution < -0.4 is 0 Å². The zero-order chi connectivity index (χ0) is 12.5. The molecule has 3 nitrogen and oxygen atoms in total. The van der Waals surface area contributed by atoms with Gasteiger partial charge in [0.05, 0.1) is 4.88 Å². The van der Waals surface area contributed by atoms with Crippen LogP contribution in [-0.2, 0) is 0 Å². The Morgan fingerprint density at radius 3 is 3.00 bits per heavy atom. The Morgan fingerprint density at radius 1 is 1.33 bits per heavy atom. The molecule has 0 radical (unpaired) electrons.